The first-order valence-electron chi connectivity index (χ1n) is 6.70. The fraction of sp³-hybridized carbons (Fsp3) is 0.250. The summed E-state index contributed by atoms with van der Waals surface area (Å²) in [6, 6.07) is 11.5. The molecule has 0 aliphatic carbocycles. The molecule has 21 heavy (non-hydrogen) atoms. The number of hydrogen-bond donors (Lipinski definition) is 1. The molecule has 0 atom stereocenters. The van der Waals surface area contributed by atoms with Crippen molar-refractivity contribution < 1.29 is 10.4 Å². The zero-order valence-electron chi connectivity index (χ0n) is 12.1. The second-order valence-electron chi connectivity index (χ2n) is 5.13. The van der Waals surface area contributed by atoms with E-state index in [1.54, 1.807) is 6.07 Å². The number of nitrogens with two attached hydrogens (primary N) is 1. The minimum Gasteiger partial charge on any atom is -0.871 e. The lowest BCUT2D eigenvalue weighted by atomic mass is 10.1. The van der Waals surface area contributed by atoms with Crippen LogP contribution in [0.15, 0.2) is 36.4 Å². The smallest absolute Gasteiger partial charge is 0.101 e. The van der Waals surface area contributed by atoms with Gasteiger partial charge in [0, 0.05) is 41.0 Å². The van der Waals surface area contributed by atoms with E-state index in [4.69, 9.17) is 23.2 Å². The summed E-state index contributed by atoms with van der Waals surface area (Å²) in [5.41, 5.74) is 3.01. The van der Waals surface area contributed by atoms with Gasteiger partial charge in [0.15, 0.2) is 0 Å². The molecule has 5 heteroatoms. The molecular formula is C16H18Cl2N2O. The van der Waals surface area contributed by atoms with Crippen molar-refractivity contribution in [3.8, 4) is 5.75 Å². The van der Waals surface area contributed by atoms with Crippen LogP contribution in [0.3, 0.4) is 0 Å². The molecule has 0 heterocycles. The van der Waals surface area contributed by atoms with Gasteiger partial charge in [-0.3, -0.25) is 0 Å². The Kier molecular flexibility index (Phi) is 5.34. The van der Waals surface area contributed by atoms with E-state index in [0.717, 1.165) is 6.54 Å². The van der Waals surface area contributed by atoms with Gasteiger partial charge in [0.05, 0.1) is 0 Å². The van der Waals surface area contributed by atoms with Crippen molar-refractivity contribution >= 4 is 28.9 Å². The lowest BCUT2D eigenvalue weighted by Gasteiger charge is -2.15. The molecule has 2 rings (SSSR count). The third kappa shape index (κ3) is 4.27. The fourth-order valence-electron chi connectivity index (χ4n) is 2.09. The van der Waals surface area contributed by atoms with Gasteiger partial charge in [-0.25, -0.2) is 0 Å². The highest BCUT2D eigenvalue weighted by Crippen LogP contribution is 2.28. The van der Waals surface area contributed by atoms with Crippen LogP contribution in [0, 0.1) is 0 Å². The van der Waals surface area contributed by atoms with Gasteiger partial charge in [0.25, 0.3) is 0 Å². The maximum Gasteiger partial charge on any atom is 0.101 e. The molecule has 0 fully saturated rings. The predicted molar refractivity (Wildman–Crippen MR) is 86.0 cm³/mol. The second kappa shape index (κ2) is 7.03. The molecule has 2 aromatic carbocycles. The maximum absolute atomic E-state index is 11.9. The van der Waals surface area contributed by atoms with Gasteiger partial charge in [-0.15, -0.1) is 0 Å². The SMILES string of the molecule is CN(C)c1ccc(C[NH2+]Cc2cc(Cl)cc(Cl)c2[O-])cc1. The molecule has 0 unspecified atom stereocenters. The summed E-state index contributed by atoms with van der Waals surface area (Å²) in [7, 11) is 4.03. The third-order valence-corrected chi connectivity index (χ3v) is 3.78. The number of rotatable bonds is 5. The third-order valence-electron chi connectivity index (χ3n) is 3.28. The Bertz CT molecular complexity index is 612. The largest absolute Gasteiger partial charge is 0.871 e. The predicted octanol–water partition coefficient (Wildman–Crippen LogP) is 2.40. The van der Waals surface area contributed by atoms with Crippen molar-refractivity contribution in [1.29, 1.82) is 0 Å². The van der Waals surface area contributed by atoms with Crippen molar-refractivity contribution in [2.24, 2.45) is 0 Å². The Balaban J connectivity index is 1.95. The Morgan fingerprint density at radius 1 is 1.05 bits per heavy atom. The summed E-state index contributed by atoms with van der Waals surface area (Å²) in [6.45, 7) is 1.37. The summed E-state index contributed by atoms with van der Waals surface area (Å²) >= 11 is 11.8. The normalized spacial score (nSPS) is 10.7. The lowest BCUT2D eigenvalue weighted by Crippen LogP contribution is -2.80. The average molecular weight is 325 g/mol. The Morgan fingerprint density at radius 3 is 2.33 bits per heavy atom. The number of anilines is 1. The van der Waals surface area contributed by atoms with Crippen LogP contribution in [0.5, 0.6) is 5.75 Å². The first kappa shape index (κ1) is 16.0. The van der Waals surface area contributed by atoms with Crippen LogP contribution in [0.25, 0.3) is 0 Å². The molecule has 0 saturated carbocycles. The number of quaternary nitrogens is 1. The average Bonchev–Trinajstić information content (AvgIpc) is 2.44. The van der Waals surface area contributed by atoms with Gasteiger partial charge in [0.1, 0.15) is 13.1 Å². The van der Waals surface area contributed by atoms with Crippen molar-refractivity contribution in [3.05, 3.63) is 57.6 Å². The van der Waals surface area contributed by atoms with E-state index in [1.807, 2.05) is 14.1 Å². The molecule has 3 nitrogen and oxygen atoms in total. The van der Waals surface area contributed by atoms with Gasteiger partial charge in [0.2, 0.25) is 0 Å². The maximum atomic E-state index is 11.9. The number of nitrogens with zero attached hydrogens (tertiary/aromatic N) is 1. The van der Waals surface area contributed by atoms with Crippen molar-refractivity contribution in [3.63, 3.8) is 0 Å². The summed E-state index contributed by atoms with van der Waals surface area (Å²) < 4.78 is 0. The van der Waals surface area contributed by atoms with Gasteiger partial charge in [-0.1, -0.05) is 41.1 Å². The summed E-state index contributed by atoms with van der Waals surface area (Å²) in [5.74, 6) is -0.139. The highest BCUT2D eigenvalue weighted by molar-refractivity contribution is 6.35. The van der Waals surface area contributed by atoms with Crippen LogP contribution in [-0.2, 0) is 13.1 Å². The highest BCUT2D eigenvalue weighted by atomic mass is 35.5. The molecule has 2 aromatic rings. The number of halogens is 2. The minimum absolute atomic E-state index is 0.139. The summed E-state index contributed by atoms with van der Waals surface area (Å²) in [4.78, 5) is 2.06. The zero-order chi connectivity index (χ0) is 15.4. The monoisotopic (exact) mass is 324 g/mol. The van der Waals surface area contributed by atoms with Crippen LogP contribution in [0.4, 0.5) is 5.69 Å². The molecule has 0 saturated heterocycles. The van der Waals surface area contributed by atoms with Gasteiger partial charge in [-0.2, -0.15) is 0 Å². The van der Waals surface area contributed by atoms with E-state index in [2.05, 4.69) is 34.5 Å². The Morgan fingerprint density at radius 2 is 1.71 bits per heavy atom. The van der Waals surface area contributed by atoms with E-state index >= 15 is 0 Å². The van der Waals surface area contributed by atoms with Crippen LogP contribution < -0.4 is 15.3 Å². The van der Waals surface area contributed by atoms with E-state index < -0.39 is 0 Å². The highest BCUT2D eigenvalue weighted by Gasteiger charge is 2.04. The molecule has 2 N–H and O–H groups in total. The van der Waals surface area contributed by atoms with Crippen LogP contribution >= 0.6 is 23.2 Å². The lowest BCUT2D eigenvalue weighted by molar-refractivity contribution is -0.686. The molecule has 0 radical (unpaired) electrons. The molecule has 0 amide bonds. The quantitative estimate of drug-likeness (QED) is 0.917. The second-order valence-corrected chi connectivity index (χ2v) is 5.98. The van der Waals surface area contributed by atoms with Crippen molar-refractivity contribution in [2.75, 3.05) is 19.0 Å². The van der Waals surface area contributed by atoms with Crippen molar-refractivity contribution in [1.82, 2.24) is 0 Å². The molecule has 0 aliphatic heterocycles. The fourth-order valence-corrected chi connectivity index (χ4v) is 2.63. The molecule has 0 bridgehead atoms. The van der Waals surface area contributed by atoms with E-state index in [0.29, 0.717) is 17.1 Å². The van der Waals surface area contributed by atoms with Gasteiger partial charge in [-0.05, 0) is 24.3 Å². The standard InChI is InChI=1S/C16H18Cl2N2O/c1-20(2)14-5-3-11(4-6-14)9-19-10-12-7-13(17)8-15(18)16(12)21/h3-8,19,21H,9-10H2,1-2H3. The van der Waals surface area contributed by atoms with Crippen LogP contribution in [-0.4, -0.2) is 14.1 Å². The molecule has 0 aromatic heterocycles. The molecule has 112 valence electrons. The Hall–Kier alpha value is -1.42. The molecule has 0 aliphatic rings. The van der Waals surface area contributed by atoms with E-state index in [9.17, 15) is 5.11 Å². The number of benzene rings is 2. The minimum atomic E-state index is -0.139. The van der Waals surface area contributed by atoms with Gasteiger partial charge < -0.3 is 15.3 Å². The van der Waals surface area contributed by atoms with E-state index in [-0.39, 0.29) is 10.8 Å². The van der Waals surface area contributed by atoms with Crippen LogP contribution in [0.1, 0.15) is 11.1 Å². The number of hydrogen-bond acceptors (Lipinski definition) is 2. The zero-order valence-corrected chi connectivity index (χ0v) is 13.6. The topological polar surface area (TPSA) is 42.9 Å². The van der Waals surface area contributed by atoms with Gasteiger partial charge >= 0.3 is 0 Å². The van der Waals surface area contributed by atoms with E-state index in [1.165, 1.54) is 17.3 Å². The van der Waals surface area contributed by atoms with Crippen LogP contribution in [0.2, 0.25) is 10.0 Å². The van der Waals surface area contributed by atoms with Crippen molar-refractivity contribution in [2.45, 2.75) is 13.1 Å². The molecule has 0 spiro atoms. The summed E-state index contributed by atoms with van der Waals surface area (Å²) in [6.07, 6.45) is 0. The molecular weight excluding hydrogens is 307 g/mol. The first-order valence-corrected chi connectivity index (χ1v) is 7.46. The summed E-state index contributed by atoms with van der Waals surface area (Å²) in [5, 5.41) is 14.6. The Labute approximate surface area is 135 Å². The first-order chi connectivity index (χ1) is 9.97.